The van der Waals surface area contributed by atoms with Crippen LogP contribution >= 0.6 is 0 Å². The van der Waals surface area contributed by atoms with Gasteiger partial charge in [0.2, 0.25) is 0 Å². The van der Waals surface area contributed by atoms with Crippen molar-refractivity contribution >= 4 is 0 Å². The zero-order chi connectivity index (χ0) is 16.8. The fourth-order valence-electron chi connectivity index (χ4n) is 3.30. The number of nitrogens with one attached hydrogen (secondary N) is 1. The number of aromatic nitrogens is 4. The molecule has 24 heavy (non-hydrogen) atoms. The van der Waals surface area contributed by atoms with Crippen molar-refractivity contribution in [1.82, 2.24) is 25.1 Å². The Morgan fingerprint density at radius 1 is 1.33 bits per heavy atom. The highest BCUT2D eigenvalue weighted by atomic mass is 16.5. The lowest BCUT2D eigenvalue weighted by molar-refractivity contribution is -0.0277. The van der Waals surface area contributed by atoms with Crippen LogP contribution in [-0.2, 0) is 17.7 Å². The number of aryl methyl sites for hydroxylation is 2. The van der Waals surface area contributed by atoms with Crippen molar-refractivity contribution in [3.63, 3.8) is 0 Å². The smallest absolute Gasteiger partial charge is 0.0895 e. The van der Waals surface area contributed by atoms with Gasteiger partial charge < -0.3 is 10.1 Å². The minimum atomic E-state index is 0.157. The average molecular weight is 329 g/mol. The summed E-state index contributed by atoms with van der Waals surface area (Å²) in [4.78, 5) is 8.69. The van der Waals surface area contributed by atoms with Gasteiger partial charge in [-0.3, -0.25) is 14.6 Å². The van der Waals surface area contributed by atoms with E-state index in [2.05, 4.69) is 33.5 Å². The summed E-state index contributed by atoms with van der Waals surface area (Å²) in [6.07, 6.45) is 11.0. The van der Waals surface area contributed by atoms with Crippen LogP contribution in [0.3, 0.4) is 0 Å². The lowest BCUT2D eigenvalue weighted by atomic mass is 9.91. The molecule has 2 aromatic rings. The first-order valence-corrected chi connectivity index (χ1v) is 8.89. The molecular weight excluding hydrogens is 302 g/mol. The first kappa shape index (κ1) is 17.0. The van der Waals surface area contributed by atoms with Gasteiger partial charge in [0.05, 0.1) is 23.7 Å². The van der Waals surface area contributed by atoms with Crippen molar-refractivity contribution in [3.8, 4) is 0 Å². The minimum Gasteiger partial charge on any atom is -0.373 e. The second-order valence-electron chi connectivity index (χ2n) is 6.37. The van der Waals surface area contributed by atoms with E-state index < -0.39 is 0 Å². The second kappa shape index (κ2) is 8.35. The molecular formula is C18H27N5O. The average Bonchev–Trinajstić information content (AvgIpc) is 3.09. The standard InChI is InChI=1S/C18H27N5O/c1-3-23-13-16(12-22-23)18-15(5-4-10-24-18)11-19-7-6-17-14(2)20-8-9-21-17/h8-9,12-13,15,18-19H,3-7,10-11H2,1-2H3/t15-,18+/m0/s1. The highest BCUT2D eigenvalue weighted by Gasteiger charge is 2.28. The van der Waals surface area contributed by atoms with Gasteiger partial charge in [-0.1, -0.05) is 0 Å². The number of ether oxygens (including phenoxy) is 1. The summed E-state index contributed by atoms with van der Waals surface area (Å²) in [6.45, 7) is 7.73. The third-order valence-electron chi connectivity index (χ3n) is 4.68. The van der Waals surface area contributed by atoms with Crippen molar-refractivity contribution in [3.05, 3.63) is 41.7 Å². The summed E-state index contributed by atoms with van der Waals surface area (Å²) in [5.74, 6) is 0.496. The molecule has 0 bridgehead atoms. The molecule has 1 aliphatic rings. The SMILES string of the molecule is CCn1cc([C@@H]2OCCC[C@H]2CNCCc2nccnc2C)cn1. The van der Waals surface area contributed by atoms with Crippen molar-refractivity contribution in [2.75, 3.05) is 19.7 Å². The van der Waals surface area contributed by atoms with Crippen LogP contribution in [0.15, 0.2) is 24.8 Å². The van der Waals surface area contributed by atoms with Crippen molar-refractivity contribution in [2.45, 2.75) is 45.8 Å². The van der Waals surface area contributed by atoms with Gasteiger partial charge in [-0.25, -0.2) is 0 Å². The minimum absolute atomic E-state index is 0.157. The Morgan fingerprint density at radius 2 is 2.21 bits per heavy atom. The lowest BCUT2D eigenvalue weighted by Crippen LogP contribution is -2.32. The highest BCUT2D eigenvalue weighted by Crippen LogP contribution is 2.32. The molecule has 0 spiro atoms. The van der Waals surface area contributed by atoms with E-state index in [0.717, 1.165) is 50.5 Å². The van der Waals surface area contributed by atoms with Crippen molar-refractivity contribution in [1.29, 1.82) is 0 Å². The van der Waals surface area contributed by atoms with Crippen LogP contribution in [-0.4, -0.2) is 39.4 Å². The Balaban J connectivity index is 1.51. The van der Waals surface area contributed by atoms with Gasteiger partial charge in [-0.15, -0.1) is 0 Å². The predicted molar refractivity (Wildman–Crippen MR) is 92.7 cm³/mol. The maximum atomic E-state index is 6.05. The van der Waals surface area contributed by atoms with E-state index >= 15 is 0 Å². The van der Waals surface area contributed by atoms with Gasteiger partial charge in [0.25, 0.3) is 0 Å². The number of nitrogens with zero attached hydrogens (tertiary/aromatic N) is 4. The van der Waals surface area contributed by atoms with Gasteiger partial charge >= 0.3 is 0 Å². The molecule has 1 saturated heterocycles. The predicted octanol–water partition coefficient (Wildman–Crippen LogP) is 2.30. The van der Waals surface area contributed by atoms with E-state index in [1.807, 2.05) is 17.8 Å². The molecule has 0 saturated carbocycles. The Labute approximate surface area is 143 Å². The first-order chi connectivity index (χ1) is 11.8. The van der Waals surface area contributed by atoms with Crippen molar-refractivity contribution in [2.24, 2.45) is 5.92 Å². The van der Waals surface area contributed by atoms with E-state index in [-0.39, 0.29) is 6.10 Å². The summed E-state index contributed by atoms with van der Waals surface area (Å²) in [7, 11) is 0. The zero-order valence-corrected chi connectivity index (χ0v) is 14.6. The third kappa shape index (κ3) is 4.19. The molecule has 6 nitrogen and oxygen atoms in total. The quantitative estimate of drug-likeness (QED) is 0.790. The Bertz CT molecular complexity index is 642. The normalized spacial score (nSPS) is 21.1. The number of rotatable bonds is 7. The molecule has 130 valence electrons. The molecule has 3 heterocycles. The fraction of sp³-hybridized carbons (Fsp3) is 0.611. The van der Waals surface area contributed by atoms with Gasteiger partial charge in [-0.05, 0) is 26.7 Å². The third-order valence-corrected chi connectivity index (χ3v) is 4.68. The van der Waals surface area contributed by atoms with Crippen LogP contribution in [0.25, 0.3) is 0 Å². The lowest BCUT2D eigenvalue weighted by Gasteiger charge is -2.31. The number of hydrogen-bond acceptors (Lipinski definition) is 5. The monoisotopic (exact) mass is 329 g/mol. The molecule has 2 atom stereocenters. The van der Waals surface area contributed by atoms with Crippen LogP contribution < -0.4 is 5.32 Å². The second-order valence-corrected chi connectivity index (χ2v) is 6.37. The summed E-state index contributed by atoms with van der Waals surface area (Å²) < 4.78 is 8.02. The molecule has 1 aliphatic heterocycles. The van der Waals surface area contributed by atoms with Gasteiger partial charge in [0, 0.05) is 62.7 Å². The summed E-state index contributed by atoms with van der Waals surface area (Å²) in [5, 5.41) is 7.97. The Kier molecular flexibility index (Phi) is 5.93. The van der Waals surface area contributed by atoms with Gasteiger partial charge in [0.15, 0.2) is 0 Å². The fourth-order valence-corrected chi connectivity index (χ4v) is 3.30. The van der Waals surface area contributed by atoms with Crippen LogP contribution in [0, 0.1) is 12.8 Å². The van der Waals surface area contributed by atoms with E-state index in [4.69, 9.17) is 4.74 Å². The Hall–Kier alpha value is -1.79. The maximum absolute atomic E-state index is 6.05. The summed E-state index contributed by atoms with van der Waals surface area (Å²) in [5.41, 5.74) is 3.30. The van der Waals surface area contributed by atoms with Gasteiger partial charge in [-0.2, -0.15) is 5.10 Å². The molecule has 6 heteroatoms. The topological polar surface area (TPSA) is 64.9 Å². The number of hydrogen-bond donors (Lipinski definition) is 1. The highest BCUT2D eigenvalue weighted by molar-refractivity contribution is 5.11. The van der Waals surface area contributed by atoms with E-state index in [0.29, 0.717) is 5.92 Å². The molecule has 0 unspecified atom stereocenters. The van der Waals surface area contributed by atoms with Crippen molar-refractivity contribution < 1.29 is 4.74 Å². The summed E-state index contributed by atoms with van der Waals surface area (Å²) >= 11 is 0. The zero-order valence-electron chi connectivity index (χ0n) is 14.6. The van der Waals surface area contributed by atoms with E-state index in [1.54, 1.807) is 12.4 Å². The molecule has 0 aromatic carbocycles. The van der Waals surface area contributed by atoms with Crippen LogP contribution in [0.2, 0.25) is 0 Å². The van der Waals surface area contributed by atoms with Crippen LogP contribution in [0.4, 0.5) is 0 Å². The molecule has 3 rings (SSSR count). The van der Waals surface area contributed by atoms with Gasteiger partial charge in [0.1, 0.15) is 0 Å². The molecule has 2 aromatic heterocycles. The first-order valence-electron chi connectivity index (χ1n) is 8.89. The molecule has 0 radical (unpaired) electrons. The maximum Gasteiger partial charge on any atom is 0.0895 e. The summed E-state index contributed by atoms with van der Waals surface area (Å²) in [6, 6.07) is 0. The van der Waals surface area contributed by atoms with Crippen LogP contribution in [0.5, 0.6) is 0 Å². The molecule has 1 N–H and O–H groups in total. The molecule has 1 fully saturated rings. The van der Waals surface area contributed by atoms with E-state index in [1.165, 1.54) is 12.0 Å². The van der Waals surface area contributed by atoms with Crippen LogP contribution in [0.1, 0.15) is 42.8 Å². The Morgan fingerprint density at radius 3 is 3.00 bits per heavy atom. The molecule has 0 aliphatic carbocycles. The molecule has 0 amide bonds. The largest absolute Gasteiger partial charge is 0.373 e. The van der Waals surface area contributed by atoms with E-state index in [9.17, 15) is 0 Å².